The Morgan fingerprint density at radius 2 is 2.00 bits per heavy atom. The Kier molecular flexibility index (Phi) is 3.85. The number of hydrogen-bond donors (Lipinski definition) is 0. The molecule has 1 fully saturated rings. The average Bonchev–Trinajstić information content (AvgIpc) is 2.05. The minimum absolute atomic E-state index is 0.234. The Morgan fingerprint density at radius 3 is 2.58 bits per heavy atom. The van der Waals surface area contributed by atoms with Gasteiger partial charge in [-0.2, -0.15) is 0 Å². The molecule has 0 atom stereocenters. The molecule has 1 aliphatic rings. The van der Waals surface area contributed by atoms with Gasteiger partial charge in [0, 0.05) is 6.92 Å². The van der Waals surface area contributed by atoms with Crippen LogP contribution in [-0.2, 0) is 9.53 Å². The highest BCUT2D eigenvalue weighted by atomic mass is 16.5. The first-order valence-corrected chi connectivity index (χ1v) is 4.63. The van der Waals surface area contributed by atoms with E-state index in [1.54, 1.807) is 6.26 Å². The van der Waals surface area contributed by atoms with Gasteiger partial charge < -0.3 is 4.74 Å². The fourth-order valence-corrected chi connectivity index (χ4v) is 1.57. The van der Waals surface area contributed by atoms with E-state index < -0.39 is 0 Å². The third kappa shape index (κ3) is 3.56. The van der Waals surface area contributed by atoms with Crippen LogP contribution in [0.4, 0.5) is 0 Å². The molecule has 0 aromatic carbocycles. The minimum Gasteiger partial charge on any atom is -0.435 e. The fourth-order valence-electron chi connectivity index (χ4n) is 1.57. The van der Waals surface area contributed by atoms with Crippen molar-refractivity contribution < 1.29 is 9.53 Å². The van der Waals surface area contributed by atoms with Crippen LogP contribution in [0.5, 0.6) is 0 Å². The molecule has 0 heterocycles. The standard InChI is InChI=1S/C10H16O2/c1-9(11)12-8-7-10-5-3-2-4-6-10/h7-8,10H,2-6H2,1H3/b8-7+. The van der Waals surface area contributed by atoms with Crippen molar-refractivity contribution in [2.24, 2.45) is 5.92 Å². The van der Waals surface area contributed by atoms with Gasteiger partial charge in [-0.05, 0) is 24.8 Å². The molecular formula is C10H16O2. The van der Waals surface area contributed by atoms with E-state index in [9.17, 15) is 4.79 Å². The average molecular weight is 168 g/mol. The first-order valence-electron chi connectivity index (χ1n) is 4.63. The highest BCUT2D eigenvalue weighted by Crippen LogP contribution is 2.24. The third-order valence-corrected chi connectivity index (χ3v) is 2.23. The van der Waals surface area contributed by atoms with E-state index in [0.717, 1.165) is 0 Å². The number of carbonyl (C=O) groups excluding carboxylic acids is 1. The van der Waals surface area contributed by atoms with Crippen molar-refractivity contribution in [1.82, 2.24) is 0 Å². The summed E-state index contributed by atoms with van der Waals surface area (Å²) in [6.07, 6.45) is 10.0. The molecule has 0 radical (unpaired) electrons. The molecule has 68 valence electrons. The van der Waals surface area contributed by atoms with Crippen LogP contribution >= 0.6 is 0 Å². The number of rotatable bonds is 2. The first-order chi connectivity index (χ1) is 5.79. The number of esters is 1. The summed E-state index contributed by atoms with van der Waals surface area (Å²) < 4.78 is 4.73. The lowest BCUT2D eigenvalue weighted by Crippen LogP contribution is -2.03. The topological polar surface area (TPSA) is 26.3 Å². The summed E-state index contributed by atoms with van der Waals surface area (Å²) in [4.78, 5) is 10.4. The maximum absolute atomic E-state index is 10.4. The van der Waals surface area contributed by atoms with E-state index in [4.69, 9.17) is 4.74 Å². The van der Waals surface area contributed by atoms with Gasteiger partial charge in [0.2, 0.25) is 0 Å². The van der Waals surface area contributed by atoms with Gasteiger partial charge in [-0.1, -0.05) is 19.3 Å². The van der Waals surface area contributed by atoms with E-state index >= 15 is 0 Å². The van der Waals surface area contributed by atoms with Crippen LogP contribution in [0.1, 0.15) is 39.0 Å². The van der Waals surface area contributed by atoms with Crippen molar-refractivity contribution >= 4 is 5.97 Å². The zero-order valence-electron chi connectivity index (χ0n) is 7.58. The van der Waals surface area contributed by atoms with Crippen LogP contribution in [0, 0.1) is 5.92 Å². The van der Waals surface area contributed by atoms with Gasteiger partial charge >= 0.3 is 5.97 Å². The summed E-state index contributed by atoms with van der Waals surface area (Å²) in [5.74, 6) is 0.403. The molecule has 0 spiro atoms. The van der Waals surface area contributed by atoms with Crippen LogP contribution in [-0.4, -0.2) is 5.97 Å². The second kappa shape index (κ2) is 4.96. The molecule has 1 rings (SSSR count). The second-order valence-corrected chi connectivity index (χ2v) is 3.34. The van der Waals surface area contributed by atoms with Gasteiger partial charge in [-0.25, -0.2) is 0 Å². The third-order valence-electron chi connectivity index (χ3n) is 2.23. The van der Waals surface area contributed by atoms with Crippen LogP contribution in [0.25, 0.3) is 0 Å². The SMILES string of the molecule is CC(=O)O/C=C/C1CCCCC1. The lowest BCUT2D eigenvalue weighted by molar-refractivity contribution is -0.135. The Hall–Kier alpha value is -0.790. The van der Waals surface area contributed by atoms with E-state index in [-0.39, 0.29) is 5.97 Å². The summed E-state index contributed by atoms with van der Waals surface area (Å²) in [5, 5.41) is 0. The van der Waals surface area contributed by atoms with Gasteiger partial charge in [-0.3, -0.25) is 4.79 Å². The molecule has 1 saturated carbocycles. The Labute approximate surface area is 73.6 Å². The Balaban J connectivity index is 2.19. The lowest BCUT2D eigenvalue weighted by atomic mass is 9.89. The fraction of sp³-hybridized carbons (Fsp3) is 0.700. The zero-order chi connectivity index (χ0) is 8.81. The van der Waals surface area contributed by atoms with Gasteiger partial charge in [0.05, 0.1) is 6.26 Å². The summed E-state index contributed by atoms with van der Waals surface area (Å²) in [6.45, 7) is 1.42. The van der Waals surface area contributed by atoms with E-state index in [1.807, 2.05) is 6.08 Å². The second-order valence-electron chi connectivity index (χ2n) is 3.34. The number of allylic oxidation sites excluding steroid dienone is 1. The molecular weight excluding hydrogens is 152 g/mol. The predicted molar refractivity (Wildman–Crippen MR) is 47.5 cm³/mol. The molecule has 0 aromatic heterocycles. The van der Waals surface area contributed by atoms with E-state index in [2.05, 4.69) is 0 Å². The Bertz CT molecular complexity index is 167. The van der Waals surface area contributed by atoms with Crippen LogP contribution in [0.3, 0.4) is 0 Å². The highest BCUT2D eigenvalue weighted by molar-refractivity contribution is 5.66. The smallest absolute Gasteiger partial charge is 0.307 e. The quantitative estimate of drug-likeness (QED) is 0.468. The van der Waals surface area contributed by atoms with Gasteiger partial charge in [0.1, 0.15) is 0 Å². The van der Waals surface area contributed by atoms with Crippen molar-refractivity contribution in [3.05, 3.63) is 12.3 Å². The highest BCUT2D eigenvalue weighted by Gasteiger charge is 2.09. The molecule has 2 heteroatoms. The van der Waals surface area contributed by atoms with Crippen molar-refractivity contribution in [1.29, 1.82) is 0 Å². The number of hydrogen-bond acceptors (Lipinski definition) is 2. The zero-order valence-corrected chi connectivity index (χ0v) is 7.58. The van der Waals surface area contributed by atoms with Gasteiger partial charge in [0.25, 0.3) is 0 Å². The van der Waals surface area contributed by atoms with Crippen molar-refractivity contribution in [3.8, 4) is 0 Å². The van der Waals surface area contributed by atoms with Crippen LogP contribution in [0.2, 0.25) is 0 Å². The minimum atomic E-state index is -0.234. The number of ether oxygens (including phenoxy) is 1. The molecule has 0 aliphatic heterocycles. The Morgan fingerprint density at radius 1 is 1.33 bits per heavy atom. The number of carbonyl (C=O) groups is 1. The van der Waals surface area contributed by atoms with E-state index in [0.29, 0.717) is 5.92 Å². The largest absolute Gasteiger partial charge is 0.435 e. The molecule has 0 bridgehead atoms. The molecule has 0 saturated heterocycles. The molecule has 12 heavy (non-hydrogen) atoms. The molecule has 1 aliphatic carbocycles. The summed E-state index contributed by atoms with van der Waals surface area (Å²) in [6, 6.07) is 0. The van der Waals surface area contributed by atoms with Gasteiger partial charge in [-0.15, -0.1) is 0 Å². The molecule has 0 N–H and O–H groups in total. The van der Waals surface area contributed by atoms with Crippen molar-refractivity contribution in [3.63, 3.8) is 0 Å². The van der Waals surface area contributed by atoms with Gasteiger partial charge in [0.15, 0.2) is 0 Å². The van der Waals surface area contributed by atoms with Crippen LogP contribution in [0.15, 0.2) is 12.3 Å². The lowest BCUT2D eigenvalue weighted by Gasteiger charge is -2.17. The predicted octanol–water partition coefficient (Wildman–Crippen LogP) is 2.64. The molecule has 2 nitrogen and oxygen atoms in total. The summed E-state index contributed by atoms with van der Waals surface area (Å²) in [5.41, 5.74) is 0. The summed E-state index contributed by atoms with van der Waals surface area (Å²) >= 11 is 0. The molecule has 0 aromatic rings. The van der Waals surface area contributed by atoms with Crippen molar-refractivity contribution in [2.45, 2.75) is 39.0 Å². The van der Waals surface area contributed by atoms with E-state index in [1.165, 1.54) is 39.0 Å². The molecule has 0 amide bonds. The molecule has 0 unspecified atom stereocenters. The van der Waals surface area contributed by atoms with Crippen molar-refractivity contribution in [2.75, 3.05) is 0 Å². The summed E-state index contributed by atoms with van der Waals surface area (Å²) in [7, 11) is 0. The van der Waals surface area contributed by atoms with Crippen LogP contribution < -0.4 is 0 Å². The maximum Gasteiger partial charge on any atom is 0.307 e. The normalized spacial score (nSPS) is 19.8. The monoisotopic (exact) mass is 168 g/mol. The first kappa shape index (κ1) is 9.30. The maximum atomic E-state index is 10.4.